The van der Waals surface area contributed by atoms with Crippen LogP contribution < -0.4 is 0 Å². The van der Waals surface area contributed by atoms with Crippen LogP contribution in [0.5, 0.6) is 0 Å². The largest absolute Gasteiger partial charge is 0.465 e. The first kappa shape index (κ1) is 13.8. The first-order chi connectivity index (χ1) is 10.7. The number of nitrogens with zero attached hydrogens (tertiary/aromatic N) is 2. The minimum absolute atomic E-state index is 0.172. The summed E-state index contributed by atoms with van der Waals surface area (Å²) in [7, 11) is 1.34. The second-order valence-corrected chi connectivity index (χ2v) is 4.81. The molecule has 0 N–H and O–H groups in total. The van der Waals surface area contributed by atoms with Gasteiger partial charge in [-0.05, 0) is 18.2 Å². The van der Waals surface area contributed by atoms with Gasteiger partial charge < -0.3 is 9.14 Å². The van der Waals surface area contributed by atoms with E-state index in [-0.39, 0.29) is 12.2 Å². The van der Waals surface area contributed by atoms with Crippen LogP contribution in [0.4, 0.5) is 0 Å². The van der Waals surface area contributed by atoms with Crippen molar-refractivity contribution in [2.24, 2.45) is 0 Å². The van der Waals surface area contributed by atoms with Crippen molar-refractivity contribution < 1.29 is 14.3 Å². The van der Waals surface area contributed by atoms with Gasteiger partial charge >= 0.3 is 5.97 Å². The quantitative estimate of drug-likeness (QED) is 0.549. The van der Waals surface area contributed by atoms with Crippen LogP contribution in [0.25, 0.3) is 16.4 Å². The number of esters is 1. The lowest BCUT2D eigenvalue weighted by atomic mass is 10.1. The maximum absolute atomic E-state index is 12.1. The summed E-state index contributed by atoms with van der Waals surface area (Å²) < 4.78 is 6.65. The van der Waals surface area contributed by atoms with E-state index in [1.165, 1.54) is 7.11 Å². The molecule has 3 rings (SSSR count). The Kier molecular flexibility index (Phi) is 3.36. The molecule has 0 amide bonds. The van der Waals surface area contributed by atoms with Crippen molar-refractivity contribution in [3.05, 3.63) is 53.7 Å². The fourth-order valence-corrected chi connectivity index (χ4v) is 2.59. The second-order valence-electron chi connectivity index (χ2n) is 4.81. The number of rotatable bonds is 3. The summed E-state index contributed by atoms with van der Waals surface area (Å²) >= 11 is 0. The van der Waals surface area contributed by atoms with Gasteiger partial charge in [-0.2, -0.15) is 5.26 Å². The molecule has 0 saturated carbocycles. The predicted octanol–water partition coefficient (Wildman–Crippen LogP) is 2.98. The minimum atomic E-state index is -0.421. The molecule has 2 heterocycles. The summed E-state index contributed by atoms with van der Waals surface area (Å²) in [6.07, 6.45) is 1.48. The fraction of sp³-hybridized carbons (Fsp3) is 0.118. The smallest absolute Gasteiger partial charge is 0.340 e. The van der Waals surface area contributed by atoms with Gasteiger partial charge in [0.25, 0.3) is 0 Å². The monoisotopic (exact) mass is 292 g/mol. The number of methoxy groups -OCH3 is 1. The van der Waals surface area contributed by atoms with E-state index < -0.39 is 5.97 Å². The summed E-state index contributed by atoms with van der Waals surface area (Å²) in [5, 5.41) is 9.42. The van der Waals surface area contributed by atoms with E-state index in [1.54, 1.807) is 22.7 Å². The summed E-state index contributed by atoms with van der Waals surface area (Å²) in [5.41, 5.74) is 2.38. The second kappa shape index (κ2) is 5.34. The SMILES string of the molecule is COC(=O)c1c2ccccc2n2cc(C(=O)CC#N)ccc12. The molecule has 0 spiro atoms. The Morgan fingerprint density at radius 3 is 2.68 bits per heavy atom. The molecule has 5 nitrogen and oxygen atoms in total. The number of carbonyl (C=O) groups excluding carboxylic acids is 2. The molecule has 0 unspecified atom stereocenters. The molecular formula is C17H12N2O3. The van der Waals surface area contributed by atoms with Crippen LogP contribution in [0.1, 0.15) is 27.1 Å². The highest BCUT2D eigenvalue weighted by Crippen LogP contribution is 2.27. The average molecular weight is 292 g/mol. The van der Waals surface area contributed by atoms with Crippen LogP contribution in [0, 0.1) is 11.3 Å². The highest BCUT2D eigenvalue weighted by atomic mass is 16.5. The standard InChI is InChI=1S/C17H12N2O3/c1-22-17(21)16-12-4-2-3-5-13(12)19-10-11(6-7-14(16)19)15(20)8-9-18/h2-7,10H,8H2,1H3. The van der Waals surface area contributed by atoms with E-state index in [4.69, 9.17) is 10.00 Å². The third-order valence-corrected chi connectivity index (χ3v) is 3.59. The predicted molar refractivity (Wildman–Crippen MR) is 80.8 cm³/mol. The van der Waals surface area contributed by atoms with Gasteiger partial charge in [0.2, 0.25) is 0 Å². The van der Waals surface area contributed by atoms with Crippen molar-refractivity contribution in [1.82, 2.24) is 4.40 Å². The lowest BCUT2D eigenvalue weighted by Crippen LogP contribution is -2.02. The Labute approximate surface area is 126 Å². The van der Waals surface area contributed by atoms with Crippen molar-refractivity contribution in [2.45, 2.75) is 6.42 Å². The Morgan fingerprint density at radius 2 is 1.95 bits per heavy atom. The minimum Gasteiger partial charge on any atom is -0.465 e. The maximum Gasteiger partial charge on any atom is 0.340 e. The van der Waals surface area contributed by atoms with Crippen molar-refractivity contribution in [1.29, 1.82) is 5.26 Å². The molecule has 5 heteroatoms. The van der Waals surface area contributed by atoms with Crippen LogP contribution in [-0.4, -0.2) is 23.3 Å². The number of pyridine rings is 1. The van der Waals surface area contributed by atoms with E-state index in [0.717, 1.165) is 10.9 Å². The van der Waals surface area contributed by atoms with Gasteiger partial charge in [0.1, 0.15) is 0 Å². The molecule has 0 aliphatic heterocycles. The number of aromatic nitrogens is 1. The number of fused-ring (bicyclic) bond motifs is 3. The van der Waals surface area contributed by atoms with Crippen molar-refractivity contribution in [2.75, 3.05) is 7.11 Å². The molecule has 22 heavy (non-hydrogen) atoms. The lowest BCUT2D eigenvalue weighted by molar-refractivity contribution is 0.0605. The van der Waals surface area contributed by atoms with E-state index in [1.807, 2.05) is 30.3 Å². The number of benzene rings is 1. The van der Waals surface area contributed by atoms with Gasteiger partial charge in [0.05, 0.1) is 36.2 Å². The summed E-state index contributed by atoms with van der Waals surface area (Å²) in [6.45, 7) is 0. The zero-order chi connectivity index (χ0) is 15.7. The zero-order valence-corrected chi connectivity index (χ0v) is 11.9. The molecule has 3 aromatic rings. The average Bonchev–Trinajstić information content (AvgIpc) is 2.88. The summed E-state index contributed by atoms with van der Waals surface area (Å²) in [5.74, 6) is -0.670. The van der Waals surface area contributed by atoms with Gasteiger partial charge in [-0.3, -0.25) is 4.79 Å². The highest BCUT2D eigenvalue weighted by Gasteiger charge is 2.19. The molecule has 2 aromatic heterocycles. The Bertz CT molecular complexity index is 948. The third-order valence-electron chi connectivity index (χ3n) is 3.59. The number of para-hydroxylation sites is 1. The van der Waals surface area contributed by atoms with Crippen molar-refractivity contribution >= 4 is 28.2 Å². The normalized spacial score (nSPS) is 10.5. The number of hydrogen-bond acceptors (Lipinski definition) is 4. The molecule has 1 aromatic carbocycles. The molecule has 0 saturated heterocycles. The lowest BCUT2D eigenvalue weighted by Gasteiger charge is -2.02. The van der Waals surface area contributed by atoms with Crippen molar-refractivity contribution in [3.8, 4) is 6.07 Å². The van der Waals surface area contributed by atoms with Crippen LogP contribution in [0.15, 0.2) is 42.6 Å². The Hall–Kier alpha value is -3.13. The molecule has 108 valence electrons. The van der Waals surface area contributed by atoms with Crippen LogP contribution in [0.3, 0.4) is 0 Å². The number of Topliss-reactive ketones (excluding diaryl/α,β-unsaturated/α-hetero) is 1. The van der Waals surface area contributed by atoms with Crippen LogP contribution in [-0.2, 0) is 4.74 Å². The van der Waals surface area contributed by atoms with Gasteiger partial charge in [-0.1, -0.05) is 18.2 Å². The topological polar surface area (TPSA) is 71.6 Å². The highest BCUT2D eigenvalue weighted by molar-refractivity contribution is 6.12. The molecule has 0 aliphatic carbocycles. The van der Waals surface area contributed by atoms with E-state index in [0.29, 0.717) is 16.6 Å². The van der Waals surface area contributed by atoms with Gasteiger partial charge in [-0.15, -0.1) is 0 Å². The molecule has 0 aliphatic rings. The van der Waals surface area contributed by atoms with Crippen LogP contribution in [0.2, 0.25) is 0 Å². The molecule has 0 fully saturated rings. The first-order valence-corrected chi connectivity index (χ1v) is 6.68. The number of ketones is 1. The van der Waals surface area contributed by atoms with E-state index >= 15 is 0 Å². The summed E-state index contributed by atoms with van der Waals surface area (Å²) in [4.78, 5) is 24.0. The van der Waals surface area contributed by atoms with Gasteiger partial charge in [-0.25, -0.2) is 4.79 Å². The number of nitriles is 1. The van der Waals surface area contributed by atoms with Crippen LogP contribution >= 0.6 is 0 Å². The molecule has 0 bridgehead atoms. The van der Waals surface area contributed by atoms with Gasteiger partial charge in [0, 0.05) is 17.1 Å². The molecular weight excluding hydrogens is 280 g/mol. The van der Waals surface area contributed by atoms with E-state index in [2.05, 4.69) is 0 Å². The molecule has 0 atom stereocenters. The number of hydrogen-bond donors (Lipinski definition) is 0. The number of ether oxygens (including phenoxy) is 1. The summed E-state index contributed by atoms with van der Waals surface area (Å²) in [6, 6.07) is 12.6. The third kappa shape index (κ3) is 2.02. The maximum atomic E-state index is 12.1. The van der Waals surface area contributed by atoms with E-state index in [9.17, 15) is 9.59 Å². The Morgan fingerprint density at radius 1 is 1.18 bits per heavy atom. The molecule has 0 radical (unpaired) electrons. The number of carbonyl (C=O) groups is 2. The van der Waals surface area contributed by atoms with Crippen molar-refractivity contribution in [3.63, 3.8) is 0 Å². The van der Waals surface area contributed by atoms with Gasteiger partial charge in [0.15, 0.2) is 5.78 Å². The fourth-order valence-electron chi connectivity index (χ4n) is 2.59. The Balaban J connectivity index is 2.34. The zero-order valence-electron chi connectivity index (χ0n) is 11.9. The first-order valence-electron chi connectivity index (χ1n) is 6.68.